The van der Waals surface area contributed by atoms with Crippen molar-refractivity contribution >= 4 is 11.8 Å². The fraction of sp³-hybridized carbons (Fsp3) is 0.667. The van der Waals surface area contributed by atoms with Crippen molar-refractivity contribution in [2.24, 2.45) is 0 Å². The van der Waals surface area contributed by atoms with Crippen LogP contribution >= 0.6 is 11.8 Å². The topological polar surface area (TPSA) is 28.2 Å². The minimum absolute atomic E-state index is 0.219. The first-order valence-corrected chi connectivity index (χ1v) is 8.60. The number of aromatic nitrogens is 1. The Morgan fingerprint density at radius 2 is 2.30 bits per heavy atom. The first-order valence-electron chi connectivity index (χ1n) is 7.44. The van der Waals surface area contributed by atoms with E-state index in [1.165, 1.54) is 43.3 Å². The maximum atomic E-state index is 13.0. The average Bonchev–Trinajstić information content (AvgIpc) is 2.73. The lowest BCUT2D eigenvalue weighted by Crippen LogP contribution is -2.31. The quantitative estimate of drug-likeness (QED) is 0.874. The highest BCUT2D eigenvalue weighted by atomic mass is 32.2. The number of rotatable bonds is 6. The Hall–Kier alpha value is -0.650. The first kappa shape index (κ1) is 15.7. The molecule has 0 bridgehead atoms. The van der Waals surface area contributed by atoms with Crippen LogP contribution in [-0.4, -0.2) is 47.6 Å². The molecule has 1 unspecified atom stereocenters. The van der Waals surface area contributed by atoms with Gasteiger partial charge in [-0.05, 0) is 43.8 Å². The Kier molecular flexibility index (Phi) is 6.76. The summed E-state index contributed by atoms with van der Waals surface area (Å²) in [5.74, 6) is 2.25. The molecule has 3 nitrogen and oxygen atoms in total. The number of thioether (sulfide) groups is 1. The van der Waals surface area contributed by atoms with Gasteiger partial charge >= 0.3 is 0 Å². The van der Waals surface area contributed by atoms with Gasteiger partial charge in [0.05, 0.1) is 17.9 Å². The first-order chi connectivity index (χ1) is 9.79. The van der Waals surface area contributed by atoms with Crippen molar-refractivity contribution in [3.05, 3.63) is 29.8 Å². The lowest BCUT2D eigenvalue weighted by molar-refractivity contribution is 0.274. The van der Waals surface area contributed by atoms with Gasteiger partial charge in [-0.15, -0.1) is 0 Å². The summed E-state index contributed by atoms with van der Waals surface area (Å²) in [7, 11) is 0. The van der Waals surface area contributed by atoms with Gasteiger partial charge in [0.25, 0.3) is 0 Å². The minimum Gasteiger partial charge on any atom is -0.309 e. The van der Waals surface area contributed by atoms with Crippen LogP contribution < -0.4 is 5.32 Å². The lowest BCUT2D eigenvalue weighted by Gasteiger charge is -2.23. The molecule has 1 atom stereocenters. The molecule has 0 radical (unpaired) electrons. The molecule has 1 aromatic rings. The average molecular weight is 297 g/mol. The second-order valence-electron chi connectivity index (χ2n) is 5.11. The smallest absolute Gasteiger partial charge is 0.141 e. The molecule has 0 spiro atoms. The Bertz CT molecular complexity index is 377. The number of hydrogen-bond donors (Lipinski definition) is 1. The molecule has 1 saturated heterocycles. The maximum absolute atomic E-state index is 13.0. The van der Waals surface area contributed by atoms with Gasteiger partial charge in [-0.3, -0.25) is 4.98 Å². The normalized spacial score (nSPS) is 18.7. The zero-order valence-corrected chi connectivity index (χ0v) is 13.0. The summed E-state index contributed by atoms with van der Waals surface area (Å²) in [6.07, 6.45) is 3.62. The Morgan fingerprint density at radius 3 is 3.05 bits per heavy atom. The molecule has 1 aliphatic rings. The van der Waals surface area contributed by atoms with E-state index in [2.05, 4.69) is 33.9 Å². The highest BCUT2D eigenvalue weighted by Crippen LogP contribution is 2.17. The third-order valence-electron chi connectivity index (χ3n) is 3.61. The van der Waals surface area contributed by atoms with Gasteiger partial charge in [-0.25, -0.2) is 4.39 Å². The van der Waals surface area contributed by atoms with Gasteiger partial charge in [-0.2, -0.15) is 11.8 Å². The molecule has 1 aliphatic heterocycles. The largest absolute Gasteiger partial charge is 0.309 e. The van der Waals surface area contributed by atoms with Crippen molar-refractivity contribution in [2.45, 2.75) is 25.8 Å². The van der Waals surface area contributed by atoms with E-state index in [4.69, 9.17) is 0 Å². The molecular formula is C15H24FN3S. The maximum Gasteiger partial charge on any atom is 0.141 e. The van der Waals surface area contributed by atoms with E-state index in [0.29, 0.717) is 0 Å². The molecule has 2 heterocycles. The van der Waals surface area contributed by atoms with Crippen LogP contribution in [0, 0.1) is 5.82 Å². The van der Waals surface area contributed by atoms with Crippen molar-refractivity contribution in [1.82, 2.24) is 15.2 Å². The molecule has 112 valence electrons. The monoisotopic (exact) mass is 297 g/mol. The highest BCUT2D eigenvalue weighted by molar-refractivity contribution is 7.99. The lowest BCUT2D eigenvalue weighted by atomic mass is 10.1. The van der Waals surface area contributed by atoms with Crippen LogP contribution in [0.5, 0.6) is 0 Å². The second kappa shape index (κ2) is 8.60. The predicted octanol–water partition coefficient (Wildman–Crippen LogP) is 2.70. The highest BCUT2D eigenvalue weighted by Gasteiger charge is 2.15. The molecule has 20 heavy (non-hydrogen) atoms. The minimum atomic E-state index is -0.270. The summed E-state index contributed by atoms with van der Waals surface area (Å²) < 4.78 is 13.0. The summed E-state index contributed by atoms with van der Waals surface area (Å²) in [5.41, 5.74) is 0.942. The number of nitrogens with zero attached hydrogens (tertiary/aromatic N) is 2. The number of nitrogens with one attached hydrogen (secondary N) is 1. The summed E-state index contributed by atoms with van der Waals surface area (Å²) >= 11 is 2.05. The summed E-state index contributed by atoms with van der Waals surface area (Å²) in [6, 6.07) is 3.51. The van der Waals surface area contributed by atoms with E-state index in [0.717, 1.165) is 25.2 Å². The van der Waals surface area contributed by atoms with Gasteiger partial charge in [0.15, 0.2) is 0 Å². The number of pyridine rings is 1. The Balaban J connectivity index is 1.89. The van der Waals surface area contributed by atoms with Crippen molar-refractivity contribution in [3.63, 3.8) is 0 Å². The third kappa shape index (κ3) is 5.04. The summed E-state index contributed by atoms with van der Waals surface area (Å²) in [4.78, 5) is 6.75. The van der Waals surface area contributed by atoms with Gasteiger partial charge in [0, 0.05) is 18.8 Å². The van der Waals surface area contributed by atoms with Crippen molar-refractivity contribution in [3.8, 4) is 0 Å². The molecule has 5 heteroatoms. The van der Waals surface area contributed by atoms with Crippen molar-refractivity contribution in [2.75, 3.05) is 37.7 Å². The molecule has 0 amide bonds. The van der Waals surface area contributed by atoms with E-state index < -0.39 is 0 Å². The fourth-order valence-electron chi connectivity index (χ4n) is 2.53. The van der Waals surface area contributed by atoms with E-state index in [1.807, 2.05) is 0 Å². The van der Waals surface area contributed by atoms with Gasteiger partial charge < -0.3 is 10.2 Å². The fourth-order valence-corrected chi connectivity index (χ4v) is 3.45. The Labute approximate surface area is 125 Å². The second-order valence-corrected chi connectivity index (χ2v) is 6.33. The van der Waals surface area contributed by atoms with E-state index in [-0.39, 0.29) is 11.9 Å². The molecule has 2 rings (SSSR count). The summed E-state index contributed by atoms with van der Waals surface area (Å²) in [5, 5.41) is 3.46. The predicted molar refractivity (Wildman–Crippen MR) is 83.6 cm³/mol. The molecule has 1 N–H and O–H groups in total. The molecular weight excluding hydrogens is 273 g/mol. The van der Waals surface area contributed by atoms with Crippen LogP contribution in [0.25, 0.3) is 0 Å². The van der Waals surface area contributed by atoms with Crippen LogP contribution in [-0.2, 0) is 0 Å². The number of halogens is 1. The molecule has 0 aromatic carbocycles. The molecule has 1 aromatic heterocycles. The van der Waals surface area contributed by atoms with Crippen molar-refractivity contribution < 1.29 is 4.39 Å². The molecule has 0 aliphatic carbocycles. The number of hydrogen-bond acceptors (Lipinski definition) is 4. The van der Waals surface area contributed by atoms with E-state index in [9.17, 15) is 4.39 Å². The van der Waals surface area contributed by atoms with Crippen molar-refractivity contribution in [1.29, 1.82) is 0 Å². The van der Waals surface area contributed by atoms with Gasteiger partial charge in [-0.1, -0.05) is 6.92 Å². The summed E-state index contributed by atoms with van der Waals surface area (Å²) in [6.45, 7) is 6.46. The zero-order chi connectivity index (χ0) is 14.2. The van der Waals surface area contributed by atoms with E-state index in [1.54, 1.807) is 6.07 Å². The SMILES string of the molecule is CCNC(CCN1CCCSCC1)c1ccc(F)cn1. The standard InChI is InChI=1S/C15H24FN3S/c1-2-17-15(14-5-4-13(16)12-18-14)6-8-19-7-3-10-20-11-9-19/h4-5,12,15,17H,2-3,6-11H2,1H3. The van der Waals surface area contributed by atoms with Crippen LogP contribution in [0.2, 0.25) is 0 Å². The molecule has 1 fully saturated rings. The zero-order valence-electron chi connectivity index (χ0n) is 12.1. The van der Waals surface area contributed by atoms with Crippen LogP contribution in [0.4, 0.5) is 4.39 Å². The van der Waals surface area contributed by atoms with E-state index >= 15 is 0 Å². The van der Waals surface area contributed by atoms with Gasteiger partial charge in [0.1, 0.15) is 5.82 Å². The van der Waals surface area contributed by atoms with Crippen LogP contribution in [0.15, 0.2) is 18.3 Å². The van der Waals surface area contributed by atoms with Crippen LogP contribution in [0.3, 0.4) is 0 Å². The molecule has 0 saturated carbocycles. The third-order valence-corrected chi connectivity index (χ3v) is 4.66. The van der Waals surface area contributed by atoms with Crippen LogP contribution in [0.1, 0.15) is 31.5 Å². The van der Waals surface area contributed by atoms with Gasteiger partial charge in [0.2, 0.25) is 0 Å². The Morgan fingerprint density at radius 1 is 1.40 bits per heavy atom.